The Kier molecular flexibility index (Phi) is 5.63. The Morgan fingerprint density at radius 2 is 2.04 bits per heavy atom. The van der Waals surface area contributed by atoms with Crippen LogP contribution in [0.5, 0.6) is 0 Å². The Hall–Kier alpha value is -2.57. The zero-order valence-electron chi connectivity index (χ0n) is 17.1. The third kappa shape index (κ3) is 4.64. The summed E-state index contributed by atoms with van der Waals surface area (Å²) in [4.78, 5) is 40.0. The molecule has 0 aromatic heterocycles. The molecular weight excluding hydrogens is 358 g/mol. The molecule has 7 heteroatoms. The third-order valence-corrected chi connectivity index (χ3v) is 5.03. The Bertz CT molecular complexity index is 784. The number of hydrogen-bond donors (Lipinski definition) is 1. The summed E-state index contributed by atoms with van der Waals surface area (Å²) in [6.45, 7) is 9.18. The maximum atomic E-state index is 12.9. The van der Waals surface area contributed by atoms with Crippen LogP contribution in [0.15, 0.2) is 18.2 Å². The van der Waals surface area contributed by atoms with Gasteiger partial charge in [0.05, 0.1) is 6.04 Å². The first-order valence-corrected chi connectivity index (χ1v) is 9.79. The van der Waals surface area contributed by atoms with Crippen molar-refractivity contribution in [2.24, 2.45) is 0 Å². The molecule has 3 amide bonds. The second-order valence-electron chi connectivity index (χ2n) is 8.56. The van der Waals surface area contributed by atoms with Crippen molar-refractivity contribution in [2.45, 2.75) is 65.3 Å². The number of ether oxygens (including phenoxy) is 1. The topological polar surface area (TPSA) is 79.0 Å². The van der Waals surface area contributed by atoms with Crippen LogP contribution in [0.2, 0.25) is 0 Å². The average Bonchev–Trinajstić information content (AvgIpc) is 2.95. The van der Waals surface area contributed by atoms with Gasteiger partial charge in [-0.15, -0.1) is 0 Å². The molecule has 152 valence electrons. The number of nitrogens with zero attached hydrogens (tertiary/aromatic N) is 2. The Morgan fingerprint density at radius 3 is 2.71 bits per heavy atom. The number of nitrogens with one attached hydrogen (secondary N) is 1. The van der Waals surface area contributed by atoms with E-state index in [1.54, 1.807) is 4.90 Å². The van der Waals surface area contributed by atoms with Gasteiger partial charge >= 0.3 is 6.09 Å². The maximum absolute atomic E-state index is 12.9. The highest BCUT2D eigenvalue weighted by molar-refractivity contribution is 5.98. The molecule has 0 saturated carbocycles. The van der Waals surface area contributed by atoms with E-state index >= 15 is 0 Å². The van der Waals surface area contributed by atoms with Gasteiger partial charge in [-0.1, -0.05) is 12.1 Å². The van der Waals surface area contributed by atoms with Gasteiger partial charge in [-0.05, 0) is 50.8 Å². The highest BCUT2D eigenvalue weighted by Crippen LogP contribution is 2.29. The highest BCUT2D eigenvalue weighted by Gasteiger charge is 2.36. The zero-order chi connectivity index (χ0) is 20.5. The maximum Gasteiger partial charge on any atom is 0.410 e. The molecule has 2 heterocycles. The van der Waals surface area contributed by atoms with Crippen molar-refractivity contribution >= 4 is 17.9 Å². The molecule has 0 radical (unpaired) electrons. The summed E-state index contributed by atoms with van der Waals surface area (Å²) in [5, 5.41) is 2.78. The van der Waals surface area contributed by atoms with Gasteiger partial charge in [-0.2, -0.15) is 0 Å². The molecule has 0 aliphatic carbocycles. The van der Waals surface area contributed by atoms with Crippen LogP contribution in [0.1, 0.15) is 62.0 Å². The predicted molar refractivity (Wildman–Crippen MR) is 105 cm³/mol. The molecule has 2 aliphatic heterocycles. The normalized spacial score (nSPS) is 19.4. The second-order valence-corrected chi connectivity index (χ2v) is 8.56. The van der Waals surface area contributed by atoms with Gasteiger partial charge in [0.1, 0.15) is 5.60 Å². The molecule has 1 N–H and O–H groups in total. The number of piperidine rings is 1. The van der Waals surface area contributed by atoms with E-state index in [9.17, 15) is 14.4 Å². The van der Waals surface area contributed by atoms with E-state index in [1.165, 1.54) is 6.92 Å². The molecule has 1 atom stereocenters. The van der Waals surface area contributed by atoms with Gasteiger partial charge in [0.2, 0.25) is 5.91 Å². The van der Waals surface area contributed by atoms with E-state index in [0.29, 0.717) is 31.7 Å². The summed E-state index contributed by atoms with van der Waals surface area (Å²) in [5.74, 6) is -0.0697. The fourth-order valence-electron chi connectivity index (χ4n) is 3.73. The largest absolute Gasteiger partial charge is 0.444 e. The molecule has 0 bridgehead atoms. The van der Waals surface area contributed by atoms with Crippen LogP contribution in [-0.2, 0) is 22.6 Å². The predicted octanol–water partition coefficient (Wildman–Crippen LogP) is 2.68. The zero-order valence-corrected chi connectivity index (χ0v) is 17.1. The summed E-state index contributed by atoms with van der Waals surface area (Å²) < 4.78 is 5.49. The monoisotopic (exact) mass is 387 g/mol. The fraction of sp³-hybridized carbons (Fsp3) is 0.571. The molecule has 0 spiro atoms. The van der Waals surface area contributed by atoms with Gasteiger partial charge in [-0.25, -0.2) is 4.79 Å². The summed E-state index contributed by atoms with van der Waals surface area (Å²) in [7, 11) is 0. The van der Waals surface area contributed by atoms with Crippen LogP contribution < -0.4 is 5.32 Å². The average molecular weight is 387 g/mol. The third-order valence-electron chi connectivity index (χ3n) is 5.03. The summed E-state index contributed by atoms with van der Waals surface area (Å²) in [5.41, 5.74) is 2.12. The number of likely N-dealkylation sites (tertiary alicyclic amines) is 1. The smallest absolute Gasteiger partial charge is 0.410 e. The number of carbonyl (C=O) groups excluding carboxylic acids is 3. The van der Waals surface area contributed by atoms with Crippen molar-refractivity contribution in [3.8, 4) is 0 Å². The molecule has 1 aromatic carbocycles. The summed E-state index contributed by atoms with van der Waals surface area (Å²) in [6, 6.07) is 5.69. The van der Waals surface area contributed by atoms with E-state index in [4.69, 9.17) is 4.74 Å². The van der Waals surface area contributed by atoms with Gasteiger partial charge in [0.25, 0.3) is 5.91 Å². The van der Waals surface area contributed by atoms with Crippen LogP contribution >= 0.6 is 0 Å². The summed E-state index contributed by atoms with van der Waals surface area (Å²) >= 11 is 0. The highest BCUT2D eigenvalue weighted by atomic mass is 16.6. The Labute approximate surface area is 166 Å². The van der Waals surface area contributed by atoms with Crippen LogP contribution in [-0.4, -0.2) is 52.4 Å². The van der Waals surface area contributed by atoms with Gasteiger partial charge < -0.3 is 19.9 Å². The van der Waals surface area contributed by atoms with E-state index in [1.807, 2.05) is 43.9 Å². The van der Waals surface area contributed by atoms with Crippen LogP contribution in [0.25, 0.3) is 0 Å². The molecular formula is C21H29N3O4. The lowest BCUT2D eigenvalue weighted by Crippen LogP contribution is -2.50. The van der Waals surface area contributed by atoms with Crippen molar-refractivity contribution in [3.63, 3.8) is 0 Å². The number of hydrogen-bond acceptors (Lipinski definition) is 4. The molecule has 2 aliphatic rings. The lowest BCUT2D eigenvalue weighted by molar-refractivity contribution is -0.119. The molecule has 0 unspecified atom stereocenters. The van der Waals surface area contributed by atoms with Crippen molar-refractivity contribution < 1.29 is 19.1 Å². The number of carbonyl (C=O) groups is 3. The Balaban J connectivity index is 1.67. The van der Waals surface area contributed by atoms with Gasteiger partial charge in [0, 0.05) is 38.7 Å². The van der Waals surface area contributed by atoms with Gasteiger partial charge in [-0.3, -0.25) is 9.59 Å². The minimum absolute atomic E-state index is 0.0112. The van der Waals surface area contributed by atoms with Crippen molar-refractivity contribution in [1.29, 1.82) is 0 Å². The van der Waals surface area contributed by atoms with Gasteiger partial charge in [0.15, 0.2) is 0 Å². The minimum atomic E-state index is -0.534. The van der Waals surface area contributed by atoms with E-state index in [2.05, 4.69) is 5.32 Å². The van der Waals surface area contributed by atoms with Crippen LogP contribution in [0.4, 0.5) is 4.79 Å². The SMILES string of the molecule is CC(=O)NCc1ccc2c(c1)CN([C@H]1CCCN(C(=O)OC(C)(C)C)C1)C2=O. The lowest BCUT2D eigenvalue weighted by atomic mass is 10.0. The van der Waals surface area contributed by atoms with Crippen molar-refractivity contribution in [3.05, 3.63) is 34.9 Å². The minimum Gasteiger partial charge on any atom is -0.444 e. The number of benzene rings is 1. The van der Waals surface area contributed by atoms with E-state index < -0.39 is 5.60 Å². The Morgan fingerprint density at radius 1 is 1.29 bits per heavy atom. The van der Waals surface area contributed by atoms with Crippen molar-refractivity contribution in [2.75, 3.05) is 13.1 Å². The number of rotatable bonds is 3. The van der Waals surface area contributed by atoms with Crippen LogP contribution in [0.3, 0.4) is 0 Å². The first-order chi connectivity index (χ1) is 13.1. The standard InChI is InChI=1S/C21H29N3O4/c1-14(25)22-11-15-7-8-18-16(10-15)12-24(19(18)26)17-6-5-9-23(13-17)20(27)28-21(2,3)4/h7-8,10,17H,5-6,9,11-13H2,1-4H3,(H,22,25)/t17-/m0/s1. The molecule has 1 fully saturated rings. The van der Waals surface area contributed by atoms with E-state index in [0.717, 1.165) is 24.0 Å². The second kappa shape index (κ2) is 7.81. The molecule has 28 heavy (non-hydrogen) atoms. The molecule has 1 aromatic rings. The number of amides is 3. The number of fused-ring (bicyclic) bond motifs is 1. The van der Waals surface area contributed by atoms with Crippen LogP contribution in [0, 0.1) is 0 Å². The first-order valence-electron chi connectivity index (χ1n) is 9.79. The fourth-order valence-corrected chi connectivity index (χ4v) is 3.73. The van der Waals surface area contributed by atoms with Crippen molar-refractivity contribution in [1.82, 2.24) is 15.1 Å². The molecule has 1 saturated heterocycles. The summed E-state index contributed by atoms with van der Waals surface area (Å²) in [6.07, 6.45) is 1.40. The first kappa shape index (κ1) is 20.2. The van der Waals surface area contributed by atoms with E-state index in [-0.39, 0.29) is 23.9 Å². The molecule has 3 rings (SSSR count). The quantitative estimate of drug-likeness (QED) is 0.865. The molecule has 7 nitrogen and oxygen atoms in total. The lowest BCUT2D eigenvalue weighted by Gasteiger charge is -2.38.